The number of rotatable bonds is 9. The van der Waals surface area contributed by atoms with Crippen LogP contribution in [0.25, 0.3) is 27.6 Å². The fraction of sp³-hybridized carbons (Fsp3) is 0.182. The van der Waals surface area contributed by atoms with Crippen molar-refractivity contribution in [2.24, 2.45) is 0 Å². The van der Waals surface area contributed by atoms with Gasteiger partial charge in [-0.25, -0.2) is 9.37 Å². The second kappa shape index (κ2) is 19.2. The molecule has 2 aromatic heterocycles. The molecule has 0 amide bonds. The Morgan fingerprint density at radius 3 is 1.72 bits per heavy atom. The van der Waals surface area contributed by atoms with Crippen LogP contribution >= 0.6 is 0 Å². The van der Waals surface area contributed by atoms with Gasteiger partial charge in [0.05, 0.1) is 0 Å². The van der Waals surface area contributed by atoms with E-state index in [-0.39, 0.29) is 43.1 Å². The fourth-order valence-electron chi connectivity index (χ4n) is 10.4. The van der Waals surface area contributed by atoms with Crippen molar-refractivity contribution in [1.82, 2.24) is 18.7 Å². The van der Waals surface area contributed by atoms with Crippen molar-refractivity contribution >= 4 is 79.4 Å². The third kappa shape index (κ3) is 9.02. The Morgan fingerprint density at radius 1 is 0.541 bits per heavy atom. The minimum absolute atomic E-state index is 0. The maximum Gasteiger partial charge on any atom is 2.00 e. The first kappa shape index (κ1) is 50.3. The van der Waals surface area contributed by atoms with Gasteiger partial charge < -0.3 is 9.30 Å². The molecule has 1 aliphatic heterocycles. The van der Waals surface area contributed by atoms with Crippen LogP contribution in [0.2, 0.25) is 0 Å². The van der Waals surface area contributed by atoms with Crippen molar-refractivity contribution in [2.75, 3.05) is 0 Å². The van der Waals surface area contributed by atoms with E-state index in [4.69, 9.17) is 9.72 Å². The van der Waals surface area contributed by atoms with E-state index < -0.39 is 8.07 Å². The summed E-state index contributed by atoms with van der Waals surface area (Å²) >= 11 is 0. The molecule has 0 atom stereocenters. The van der Waals surface area contributed by atoms with Crippen molar-refractivity contribution in [3.05, 3.63) is 229 Å². The molecule has 0 spiro atoms. The summed E-state index contributed by atoms with van der Waals surface area (Å²) in [6.07, 6.45) is 1.84. The quantitative estimate of drug-likeness (QED) is 0.0624. The van der Waals surface area contributed by atoms with Crippen LogP contribution in [0.15, 0.2) is 194 Å². The number of aromatic nitrogens is 2. The van der Waals surface area contributed by atoms with Crippen LogP contribution in [-0.2, 0) is 37.3 Å². The molecule has 0 N–H and O–H groups in total. The predicted molar refractivity (Wildman–Crippen MR) is 303 cm³/mol. The van der Waals surface area contributed by atoms with Crippen LogP contribution < -0.4 is 34.6 Å². The maximum atomic E-state index is 14.9. The Hall–Kier alpha value is -7.27. The first-order chi connectivity index (χ1) is 35.0. The van der Waals surface area contributed by atoms with E-state index in [0.717, 1.165) is 55.9 Å². The molecule has 1 aliphatic rings. The summed E-state index contributed by atoms with van der Waals surface area (Å²) in [7, 11) is -3.08. The molecule has 8 heteroatoms. The molecular weight excluding hydrogens is 1110 g/mol. The molecule has 0 fully saturated rings. The van der Waals surface area contributed by atoms with Crippen molar-refractivity contribution < 1.29 is 30.2 Å². The van der Waals surface area contributed by atoms with Crippen LogP contribution in [0.1, 0.15) is 79.0 Å². The van der Waals surface area contributed by atoms with Crippen LogP contribution in [0.3, 0.4) is 0 Å². The zero-order valence-electron chi connectivity index (χ0n) is 43.4. The molecule has 0 radical (unpaired) electrons. The molecule has 0 saturated carbocycles. The van der Waals surface area contributed by atoms with E-state index in [0.29, 0.717) is 11.5 Å². The molecule has 8 aromatic carbocycles. The largest absolute Gasteiger partial charge is 2.00 e. The zero-order chi connectivity index (χ0) is 50.9. The molecule has 74 heavy (non-hydrogen) atoms. The second-order valence-corrected chi connectivity index (χ2v) is 26.1. The first-order valence-corrected chi connectivity index (χ1v) is 27.1. The summed E-state index contributed by atoms with van der Waals surface area (Å²) in [6.45, 7) is 20.3. The van der Waals surface area contributed by atoms with Gasteiger partial charge in [-0.1, -0.05) is 194 Å². The van der Waals surface area contributed by atoms with Crippen molar-refractivity contribution in [3.63, 3.8) is 0 Å². The molecule has 368 valence electrons. The van der Waals surface area contributed by atoms with Crippen LogP contribution in [0.4, 0.5) is 27.1 Å². The summed E-state index contributed by atoms with van der Waals surface area (Å²) in [5, 5.41) is 6.73. The van der Waals surface area contributed by atoms with Gasteiger partial charge in [-0.2, -0.15) is 12.1 Å². The Morgan fingerprint density at radius 2 is 1.12 bits per heavy atom. The van der Waals surface area contributed by atoms with Gasteiger partial charge in [-0.05, 0) is 88.8 Å². The van der Waals surface area contributed by atoms with Gasteiger partial charge in [0.15, 0.2) is 8.07 Å². The molecule has 5 nitrogen and oxygen atoms in total. The Labute approximate surface area is 450 Å². The molecule has 10 aromatic rings. The third-order valence-electron chi connectivity index (χ3n) is 14.3. The monoisotopic (exact) mass is 1170 g/mol. The van der Waals surface area contributed by atoms with E-state index >= 15 is 0 Å². The Balaban J connectivity index is 0.00000626. The van der Waals surface area contributed by atoms with E-state index in [2.05, 4.69) is 229 Å². The van der Waals surface area contributed by atoms with E-state index in [9.17, 15) is 4.39 Å². The number of hydrogen-bond acceptors (Lipinski definition) is 2. The molecular formula is C66H59FN4OPtSi+2. The number of ether oxygens (including phenoxy) is 1. The number of fused-ring (bicyclic) bond motifs is 4. The summed E-state index contributed by atoms with van der Waals surface area (Å²) in [4.78, 5) is 4.83. The SMILES string of the molecule is CC(C)(C)c1cc([N+]2=C=[N+](c3[c-]c(Oc4[c-]c5c(cc4)c4cc(F)ccc4n5-c4cc(C(C)(C)C)ccn4)ccc3)c3cccc([Si](c4ccccc4)(c4ccccc4)c4ccccc4)c32)cc(C(C)(C)C)c1.[Pt+2]. The number of nitrogens with zero attached hydrogens (tertiary/aromatic N) is 4. The van der Waals surface area contributed by atoms with Gasteiger partial charge in [0.2, 0.25) is 5.69 Å². The molecule has 3 heterocycles. The van der Waals surface area contributed by atoms with E-state index in [1.165, 1.54) is 37.9 Å². The molecule has 11 rings (SSSR count). The van der Waals surface area contributed by atoms with Gasteiger partial charge in [0, 0.05) is 46.6 Å². The zero-order valence-corrected chi connectivity index (χ0v) is 46.6. The number of benzene rings is 8. The predicted octanol–water partition coefficient (Wildman–Crippen LogP) is 13.8. The second-order valence-electron chi connectivity index (χ2n) is 22.3. The van der Waals surface area contributed by atoms with Gasteiger partial charge in [-0.3, -0.25) is 0 Å². The smallest absolute Gasteiger partial charge is 0.509 e. The first-order valence-electron chi connectivity index (χ1n) is 25.1. The Kier molecular flexibility index (Phi) is 13.0. The number of pyridine rings is 1. The van der Waals surface area contributed by atoms with Gasteiger partial charge >= 0.3 is 27.1 Å². The Bertz CT molecular complexity index is 3690. The van der Waals surface area contributed by atoms with Crippen LogP contribution in [-0.4, -0.2) is 23.6 Å². The molecule has 0 bridgehead atoms. The number of hydrogen-bond donors (Lipinski definition) is 0. The summed E-state index contributed by atoms with van der Waals surface area (Å²) in [6, 6.07) is 77.2. The number of halogens is 1. The number of para-hydroxylation sites is 1. The van der Waals surface area contributed by atoms with Crippen molar-refractivity contribution in [2.45, 2.75) is 78.6 Å². The molecule has 0 saturated heterocycles. The van der Waals surface area contributed by atoms with Crippen molar-refractivity contribution in [1.29, 1.82) is 0 Å². The van der Waals surface area contributed by atoms with E-state index in [1.807, 2.05) is 47.2 Å². The van der Waals surface area contributed by atoms with Crippen LogP contribution in [0.5, 0.6) is 11.5 Å². The van der Waals surface area contributed by atoms with Gasteiger partial charge in [0.1, 0.15) is 17.3 Å². The summed E-state index contributed by atoms with van der Waals surface area (Å²) < 4.78 is 28.2. The van der Waals surface area contributed by atoms with Gasteiger partial charge in [-0.15, -0.1) is 23.6 Å². The van der Waals surface area contributed by atoms with Crippen molar-refractivity contribution in [3.8, 4) is 17.3 Å². The average molecular weight is 1170 g/mol. The van der Waals surface area contributed by atoms with Crippen LogP contribution in [0, 0.1) is 17.9 Å². The van der Waals surface area contributed by atoms with E-state index in [1.54, 1.807) is 6.07 Å². The minimum atomic E-state index is -3.08. The average Bonchev–Trinajstić information content (AvgIpc) is 3.94. The summed E-state index contributed by atoms with van der Waals surface area (Å²) in [5.74, 6) is 1.43. The maximum absolute atomic E-state index is 14.9. The normalized spacial score (nSPS) is 12.8. The topological polar surface area (TPSA) is 33.1 Å². The minimum Gasteiger partial charge on any atom is -0.509 e. The molecule has 0 unspecified atom stereocenters. The standard InChI is InChI=1S/C66H59FN4OSi.Pt/c1-64(2,3)45-35-36-68-62(40-45)71-58-34-31-48(67)41-57(58)56-33-32-52(43-60(56)71)72-51-22-19-21-49(42-51)69-44-70(50-38-46(65(4,5)6)37-47(39-50)66(7,8)9)63-59(69)29-20-30-61(63)73(53-23-13-10-14-24-53,54-25-15-11-16-26-54)55-27-17-12-18-28-55;/h10-41H,1-9H3;/q;+2. The molecule has 0 aliphatic carbocycles. The fourth-order valence-corrected chi connectivity index (χ4v) is 15.4. The third-order valence-corrected chi connectivity index (χ3v) is 19.1. The summed E-state index contributed by atoms with van der Waals surface area (Å²) in [5.41, 5.74) is 8.74. The van der Waals surface area contributed by atoms with Gasteiger partial charge in [0.25, 0.3) is 11.4 Å².